The summed E-state index contributed by atoms with van der Waals surface area (Å²) in [5.41, 5.74) is 5.52. The van der Waals surface area contributed by atoms with Crippen molar-refractivity contribution in [2.45, 2.75) is 146 Å². The molecule has 3 atom stereocenters. The van der Waals surface area contributed by atoms with Crippen LogP contribution < -0.4 is 10.9 Å². The number of nitrogens with one attached hydrogen (secondary N) is 2. The summed E-state index contributed by atoms with van der Waals surface area (Å²) < 4.78 is 0. The molecule has 11 heteroatoms. The molecule has 1 aliphatic rings. The van der Waals surface area contributed by atoms with E-state index in [2.05, 4.69) is 69.4 Å². The van der Waals surface area contributed by atoms with Gasteiger partial charge in [-0.1, -0.05) is 131 Å². The van der Waals surface area contributed by atoms with Crippen molar-refractivity contribution in [2.75, 3.05) is 27.2 Å². The minimum Gasteiger partial charge on any atom is -0.307 e. The maximum atomic E-state index is 12.7. The highest BCUT2D eigenvalue weighted by atomic mass is 16.2. The molecule has 2 N–H and O–H groups in total. The Balaban J connectivity index is -0.000000413. The fourth-order valence-corrected chi connectivity index (χ4v) is 5.15. The Labute approximate surface area is 323 Å². The number of hydrogen-bond donors (Lipinski definition) is 2. The van der Waals surface area contributed by atoms with Gasteiger partial charge in [0.1, 0.15) is 19.6 Å². The van der Waals surface area contributed by atoms with Gasteiger partial charge in [-0.2, -0.15) is 10.4 Å². The SMILES string of the molecule is C=O.C=O.CC1=CCC(N/N=C(C(=O)NN(C)C(=O)C(C)(C)C)/C(C)=C(/C#N)C=O)C=C1.CCC.CCCCC(CC)CN(C)CC(CC)CCCC. The van der Waals surface area contributed by atoms with Crippen LogP contribution >= 0.6 is 0 Å². The lowest BCUT2D eigenvalue weighted by Crippen LogP contribution is -2.50. The highest BCUT2D eigenvalue weighted by molar-refractivity contribution is 6.45. The number of aldehydes is 1. The zero-order valence-corrected chi connectivity index (χ0v) is 35.8. The summed E-state index contributed by atoms with van der Waals surface area (Å²) in [6.45, 7) is 28.8. The van der Waals surface area contributed by atoms with Crippen molar-refractivity contribution in [1.29, 1.82) is 5.26 Å². The Morgan fingerprint density at radius 1 is 0.981 bits per heavy atom. The molecule has 0 aromatic heterocycles. The van der Waals surface area contributed by atoms with E-state index in [1.54, 1.807) is 26.8 Å². The minimum absolute atomic E-state index is 0.116. The number of nitriles is 1. The molecule has 0 saturated heterocycles. The largest absolute Gasteiger partial charge is 0.307 e. The first-order chi connectivity index (χ1) is 25.1. The van der Waals surface area contributed by atoms with Gasteiger partial charge in [0.05, 0.1) is 11.6 Å². The molecule has 2 amide bonds. The molecule has 0 heterocycles. The molecule has 53 heavy (non-hydrogen) atoms. The predicted octanol–water partition coefficient (Wildman–Crippen LogP) is 8.18. The van der Waals surface area contributed by atoms with Gasteiger partial charge in [-0.25, -0.2) is 0 Å². The summed E-state index contributed by atoms with van der Waals surface area (Å²) in [7, 11) is 3.75. The summed E-state index contributed by atoms with van der Waals surface area (Å²) in [6, 6.07) is 1.62. The maximum Gasteiger partial charge on any atom is 0.290 e. The lowest BCUT2D eigenvalue weighted by molar-refractivity contribution is -0.144. The van der Waals surface area contributed by atoms with Gasteiger partial charge in [0.25, 0.3) is 5.91 Å². The number of unbranched alkanes of at least 4 members (excludes halogenated alkanes) is 2. The number of amides is 2. The summed E-state index contributed by atoms with van der Waals surface area (Å²) in [6.07, 6.45) is 19.2. The van der Waals surface area contributed by atoms with Gasteiger partial charge in [0.15, 0.2) is 12.0 Å². The van der Waals surface area contributed by atoms with E-state index in [4.69, 9.17) is 14.9 Å². The van der Waals surface area contributed by atoms with Crippen LogP contribution in [0.3, 0.4) is 0 Å². The van der Waals surface area contributed by atoms with E-state index in [9.17, 15) is 14.4 Å². The quantitative estimate of drug-likeness (QED) is 0.0498. The fraction of sp³-hybridized carbons (Fsp3) is 0.690. The number of hydrazone groups is 1. The molecule has 0 saturated carbocycles. The smallest absolute Gasteiger partial charge is 0.290 e. The Bertz CT molecular complexity index is 1150. The molecule has 0 aliphatic heterocycles. The van der Waals surface area contributed by atoms with Gasteiger partial charge in [-0.3, -0.25) is 24.8 Å². The first kappa shape index (κ1) is 55.8. The van der Waals surface area contributed by atoms with Crippen molar-refractivity contribution in [2.24, 2.45) is 22.4 Å². The molecule has 0 aromatic rings. The third kappa shape index (κ3) is 27.4. The van der Waals surface area contributed by atoms with Gasteiger partial charge in [-0.15, -0.1) is 0 Å². The van der Waals surface area contributed by atoms with Gasteiger partial charge < -0.3 is 19.9 Å². The van der Waals surface area contributed by atoms with E-state index in [1.807, 2.05) is 38.7 Å². The summed E-state index contributed by atoms with van der Waals surface area (Å²) >= 11 is 0. The normalized spacial score (nSPS) is 14.9. The lowest BCUT2D eigenvalue weighted by atomic mass is 9.95. The molecular formula is C42H76N6O5. The van der Waals surface area contributed by atoms with Crippen LogP contribution in [0.5, 0.6) is 0 Å². The van der Waals surface area contributed by atoms with Crippen molar-refractivity contribution in [1.82, 2.24) is 20.8 Å². The third-order valence-electron chi connectivity index (χ3n) is 8.28. The van der Waals surface area contributed by atoms with Crippen molar-refractivity contribution in [3.05, 3.63) is 34.9 Å². The van der Waals surface area contributed by atoms with E-state index in [-0.39, 0.29) is 28.8 Å². The minimum atomic E-state index is -0.703. The Morgan fingerprint density at radius 2 is 1.45 bits per heavy atom. The monoisotopic (exact) mass is 745 g/mol. The van der Waals surface area contributed by atoms with E-state index in [0.29, 0.717) is 12.7 Å². The Morgan fingerprint density at radius 3 is 1.79 bits per heavy atom. The van der Waals surface area contributed by atoms with Gasteiger partial charge in [-0.05, 0) is 52.0 Å². The molecule has 0 fully saturated rings. The van der Waals surface area contributed by atoms with Crippen molar-refractivity contribution >= 4 is 37.4 Å². The molecule has 1 aliphatic carbocycles. The van der Waals surface area contributed by atoms with Crippen LogP contribution in [-0.2, 0) is 24.0 Å². The molecule has 3 unspecified atom stereocenters. The van der Waals surface area contributed by atoms with E-state index in [1.165, 1.54) is 84.8 Å². The highest BCUT2D eigenvalue weighted by Crippen LogP contribution is 2.18. The zero-order valence-electron chi connectivity index (χ0n) is 35.8. The fourth-order valence-electron chi connectivity index (χ4n) is 5.15. The van der Waals surface area contributed by atoms with Crippen molar-refractivity contribution < 1.29 is 24.0 Å². The van der Waals surface area contributed by atoms with Crippen LogP contribution in [0.1, 0.15) is 140 Å². The molecule has 0 aromatic carbocycles. The number of hydrazine groups is 1. The second-order valence-electron chi connectivity index (χ2n) is 14.3. The molecule has 0 bridgehead atoms. The van der Waals surface area contributed by atoms with Crippen LogP contribution in [0.15, 0.2) is 40.0 Å². The zero-order chi connectivity index (χ0) is 42.0. The predicted molar refractivity (Wildman–Crippen MR) is 221 cm³/mol. The topological polar surface area (TPSA) is 152 Å². The summed E-state index contributed by atoms with van der Waals surface area (Å²) in [4.78, 5) is 54.7. The maximum absolute atomic E-state index is 12.7. The first-order valence-corrected chi connectivity index (χ1v) is 19.2. The Hall–Kier alpha value is -3.91. The number of hydrogen-bond acceptors (Lipinski definition) is 9. The lowest BCUT2D eigenvalue weighted by Gasteiger charge is -2.27. The molecule has 0 spiro atoms. The molecule has 11 nitrogen and oxygen atoms in total. The van der Waals surface area contributed by atoms with Crippen LogP contribution in [0.4, 0.5) is 0 Å². The Kier molecular flexibility index (Phi) is 37.0. The van der Waals surface area contributed by atoms with Gasteiger partial charge in [0, 0.05) is 31.1 Å². The molecular weight excluding hydrogens is 668 g/mol. The second kappa shape index (κ2) is 35.1. The van der Waals surface area contributed by atoms with Crippen LogP contribution in [0.2, 0.25) is 0 Å². The summed E-state index contributed by atoms with van der Waals surface area (Å²) in [5.74, 6) is 0.824. The van der Waals surface area contributed by atoms with Crippen LogP contribution in [0, 0.1) is 28.6 Å². The van der Waals surface area contributed by atoms with E-state index < -0.39 is 11.3 Å². The highest BCUT2D eigenvalue weighted by Gasteiger charge is 2.28. The average molecular weight is 745 g/mol. The molecule has 0 radical (unpaired) electrons. The van der Waals surface area contributed by atoms with E-state index in [0.717, 1.165) is 22.4 Å². The van der Waals surface area contributed by atoms with Gasteiger partial charge in [0.2, 0.25) is 5.91 Å². The van der Waals surface area contributed by atoms with E-state index >= 15 is 0 Å². The third-order valence-corrected chi connectivity index (χ3v) is 8.28. The van der Waals surface area contributed by atoms with Gasteiger partial charge >= 0.3 is 0 Å². The number of carbonyl (C=O) groups is 5. The van der Waals surface area contributed by atoms with Crippen LogP contribution in [-0.4, -0.2) is 80.5 Å². The van der Waals surface area contributed by atoms with Crippen LogP contribution in [0.25, 0.3) is 0 Å². The summed E-state index contributed by atoms with van der Waals surface area (Å²) in [5, 5.41) is 14.3. The van der Waals surface area contributed by atoms with Crippen molar-refractivity contribution in [3.63, 3.8) is 0 Å². The second-order valence-corrected chi connectivity index (χ2v) is 14.3. The number of allylic oxidation sites excluding steroid dienone is 3. The number of rotatable bonds is 17. The first-order valence-electron chi connectivity index (χ1n) is 19.2. The standard InChI is InChI=1S/C20H27N5O3.C17H37N.C3H8.2CH2O/c1-13-7-9-16(10-8-13)22-23-17(14(2)15(11-21)12-26)18(27)24-25(6)19(28)20(3,4)5;1-6-10-12-16(8-3)14-18(5)15-17(9-4)13-11-7-2;1-3-2;2*1-2/h7-9,12,16,22H,10H2,1-6H3,(H,24,27);16-17H,6-15H2,1-5H3;3H2,1-2H3;2*1H2/b15-14-,23-17-;;;;. The molecule has 1 rings (SSSR count). The average Bonchev–Trinajstić information content (AvgIpc) is 3.14. The number of carbonyl (C=O) groups excluding carboxylic acids is 5. The van der Waals surface area contributed by atoms with Crippen molar-refractivity contribution in [3.8, 4) is 6.07 Å². The number of nitrogens with zero attached hydrogens (tertiary/aromatic N) is 4. The molecule has 304 valence electrons.